The van der Waals surface area contributed by atoms with Crippen LogP contribution in [0.25, 0.3) is 0 Å². The molecule has 2 atom stereocenters. The lowest BCUT2D eigenvalue weighted by molar-refractivity contribution is -0.137. The smallest absolute Gasteiger partial charge is 0.243 e. The summed E-state index contributed by atoms with van der Waals surface area (Å²) in [5, 5.41) is 0. The molecule has 0 N–H and O–H groups in total. The number of ketones is 1. The Morgan fingerprint density at radius 1 is 1.36 bits per heavy atom. The molecule has 0 aromatic carbocycles. The lowest BCUT2D eigenvalue weighted by Gasteiger charge is -2.24. The number of carbonyl (C=O) groups excluding carboxylic acids is 2. The second-order valence-electron chi connectivity index (χ2n) is 3.55. The number of hydrogen-bond donors (Lipinski definition) is 0. The second kappa shape index (κ2) is 4.02. The zero-order chi connectivity index (χ0) is 10.9. The summed E-state index contributed by atoms with van der Waals surface area (Å²) >= 11 is 0. The topological polar surface area (TPSA) is 37.4 Å². The van der Waals surface area contributed by atoms with Crippen LogP contribution < -0.4 is 0 Å². The van der Waals surface area contributed by atoms with Crippen LogP contribution in [0.4, 0.5) is 8.78 Å². The highest BCUT2D eigenvalue weighted by molar-refractivity contribution is 5.87. The standard InChI is InChI=1S/C9H13F2NO2/c1-5(13)8-7(9(10)11)3-4-12(8)6(2)14/h7-9H,3-4H2,1-2H3/t7-,8+/m0/s1. The van der Waals surface area contributed by atoms with Gasteiger partial charge in [-0.15, -0.1) is 0 Å². The van der Waals surface area contributed by atoms with Gasteiger partial charge in [-0.05, 0) is 13.3 Å². The van der Waals surface area contributed by atoms with Crippen molar-refractivity contribution in [3.8, 4) is 0 Å². The van der Waals surface area contributed by atoms with Gasteiger partial charge >= 0.3 is 0 Å². The normalized spacial score (nSPS) is 27.1. The third-order valence-electron chi connectivity index (χ3n) is 2.59. The fourth-order valence-electron chi connectivity index (χ4n) is 1.95. The number of likely N-dealkylation sites (tertiary alicyclic amines) is 1. The fraction of sp³-hybridized carbons (Fsp3) is 0.778. The minimum Gasteiger partial charge on any atom is -0.332 e. The number of rotatable bonds is 2. The Hall–Kier alpha value is -1.00. The molecule has 0 aliphatic carbocycles. The van der Waals surface area contributed by atoms with E-state index in [0.29, 0.717) is 0 Å². The maximum absolute atomic E-state index is 12.5. The number of Topliss-reactive ketones (excluding diaryl/α,β-unsaturated/α-hetero) is 1. The summed E-state index contributed by atoms with van der Waals surface area (Å²) in [6.45, 7) is 2.81. The van der Waals surface area contributed by atoms with Gasteiger partial charge in [-0.1, -0.05) is 0 Å². The maximum atomic E-state index is 12.5. The van der Waals surface area contributed by atoms with Crippen LogP contribution in [0, 0.1) is 5.92 Å². The lowest BCUT2D eigenvalue weighted by atomic mass is 9.98. The number of alkyl halides is 2. The number of amides is 1. The van der Waals surface area contributed by atoms with Gasteiger partial charge in [0.05, 0.1) is 6.04 Å². The molecule has 0 aromatic heterocycles. The quantitative estimate of drug-likeness (QED) is 0.676. The van der Waals surface area contributed by atoms with Crippen LogP contribution in [0.3, 0.4) is 0 Å². The van der Waals surface area contributed by atoms with E-state index >= 15 is 0 Å². The molecule has 0 saturated carbocycles. The maximum Gasteiger partial charge on any atom is 0.243 e. The van der Waals surface area contributed by atoms with Gasteiger partial charge in [0, 0.05) is 19.4 Å². The summed E-state index contributed by atoms with van der Waals surface area (Å²) in [5.74, 6) is -1.66. The van der Waals surface area contributed by atoms with Crippen molar-refractivity contribution in [2.75, 3.05) is 6.54 Å². The van der Waals surface area contributed by atoms with E-state index in [4.69, 9.17) is 0 Å². The van der Waals surface area contributed by atoms with Gasteiger partial charge in [0.2, 0.25) is 12.3 Å². The minimum absolute atomic E-state index is 0.210. The monoisotopic (exact) mass is 205 g/mol. The van der Waals surface area contributed by atoms with Gasteiger partial charge < -0.3 is 4.90 Å². The molecule has 0 bridgehead atoms. The van der Waals surface area contributed by atoms with Crippen LogP contribution in [0.2, 0.25) is 0 Å². The third-order valence-corrected chi connectivity index (χ3v) is 2.59. The van der Waals surface area contributed by atoms with Gasteiger partial charge in [-0.2, -0.15) is 0 Å². The molecule has 3 nitrogen and oxygen atoms in total. The van der Waals surface area contributed by atoms with Gasteiger partial charge in [0.25, 0.3) is 0 Å². The molecule has 1 fully saturated rings. The predicted molar refractivity (Wildman–Crippen MR) is 46.0 cm³/mol. The van der Waals surface area contributed by atoms with E-state index in [1.54, 1.807) is 0 Å². The predicted octanol–water partition coefficient (Wildman–Crippen LogP) is 1.08. The Balaban J connectivity index is 2.85. The van der Waals surface area contributed by atoms with Crippen molar-refractivity contribution in [3.63, 3.8) is 0 Å². The van der Waals surface area contributed by atoms with Crippen molar-refractivity contribution in [1.29, 1.82) is 0 Å². The molecule has 0 radical (unpaired) electrons. The molecule has 1 saturated heterocycles. The largest absolute Gasteiger partial charge is 0.332 e. The summed E-state index contributed by atoms with van der Waals surface area (Å²) in [7, 11) is 0. The molecule has 80 valence electrons. The van der Waals surface area contributed by atoms with Crippen LogP contribution >= 0.6 is 0 Å². The molecule has 0 spiro atoms. The highest BCUT2D eigenvalue weighted by atomic mass is 19.3. The highest BCUT2D eigenvalue weighted by Gasteiger charge is 2.43. The molecule has 1 amide bonds. The summed E-state index contributed by atoms with van der Waals surface area (Å²) < 4.78 is 25.0. The average molecular weight is 205 g/mol. The van der Waals surface area contributed by atoms with E-state index in [1.807, 2.05) is 0 Å². The van der Waals surface area contributed by atoms with Crippen LogP contribution in [-0.2, 0) is 9.59 Å². The molecule has 0 unspecified atom stereocenters. The molecule has 14 heavy (non-hydrogen) atoms. The van der Waals surface area contributed by atoms with E-state index in [2.05, 4.69) is 0 Å². The summed E-state index contributed by atoms with van der Waals surface area (Å²) in [5.41, 5.74) is 0. The number of nitrogens with zero attached hydrogens (tertiary/aromatic N) is 1. The first-order valence-electron chi connectivity index (χ1n) is 4.51. The SMILES string of the molecule is CC(=O)[C@@H]1[C@@H](C(F)F)CCN1C(C)=O. The zero-order valence-corrected chi connectivity index (χ0v) is 8.17. The molecule has 1 heterocycles. The molecule has 1 aliphatic rings. The van der Waals surface area contributed by atoms with E-state index in [1.165, 1.54) is 18.7 Å². The Kier molecular flexibility index (Phi) is 3.18. The van der Waals surface area contributed by atoms with Crippen molar-refractivity contribution >= 4 is 11.7 Å². The van der Waals surface area contributed by atoms with Crippen molar-refractivity contribution in [3.05, 3.63) is 0 Å². The summed E-state index contributed by atoms with van der Waals surface area (Å²) in [6.07, 6.45) is -2.32. The van der Waals surface area contributed by atoms with E-state index in [-0.39, 0.29) is 24.7 Å². The van der Waals surface area contributed by atoms with Crippen LogP contribution in [-0.4, -0.2) is 35.6 Å². The van der Waals surface area contributed by atoms with Gasteiger partial charge in [-0.25, -0.2) is 8.78 Å². The Morgan fingerprint density at radius 2 is 1.93 bits per heavy atom. The van der Waals surface area contributed by atoms with Crippen molar-refractivity contribution in [2.24, 2.45) is 5.92 Å². The van der Waals surface area contributed by atoms with Crippen LogP contribution in [0.5, 0.6) is 0 Å². The molecule has 1 rings (SSSR count). The van der Waals surface area contributed by atoms with Gasteiger partial charge in [0.15, 0.2) is 5.78 Å². The van der Waals surface area contributed by atoms with Crippen molar-refractivity contribution in [1.82, 2.24) is 4.90 Å². The first-order chi connectivity index (χ1) is 6.45. The second-order valence-corrected chi connectivity index (χ2v) is 3.55. The number of hydrogen-bond acceptors (Lipinski definition) is 2. The summed E-state index contributed by atoms with van der Waals surface area (Å²) in [4.78, 5) is 23.4. The molecule has 5 heteroatoms. The first kappa shape index (κ1) is 11.1. The van der Waals surface area contributed by atoms with E-state index in [9.17, 15) is 18.4 Å². The summed E-state index contributed by atoms with van der Waals surface area (Å²) in [6, 6.07) is -0.924. The van der Waals surface area contributed by atoms with E-state index < -0.39 is 18.4 Å². The Bertz CT molecular complexity index is 255. The number of halogens is 2. The highest BCUT2D eigenvalue weighted by Crippen LogP contribution is 2.30. The van der Waals surface area contributed by atoms with Gasteiger partial charge in [-0.3, -0.25) is 9.59 Å². The van der Waals surface area contributed by atoms with Crippen molar-refractivity contribution in [2.45, 2.75) is 32.7 Å². The Labute approximate surface area is 81.1 Å². The fourth-order valence-corrected chi connectivity index (χ4v) is 1.95. The molecule has 1 aliphatic heterocycles. The van der Waals surface area contributed by atoms with Crippen molar-refractivity contribution < 1.29 is 18.4 Å². The molecular weight excluding hydrogens is 192 g/mol. The third kappa shape index (κ3) is 1.91. The molecular formula is C9H13F2NO2. The zero-order valence-electron chi connectivity index (χ0n) is 8.17. The molecule has 0 aromatic rings. The number of carbonyl (C=O) groups is 2. The first-order valence-corrected chi connectivity index (χ1v) is 4.51. The lowest BCUT2D eigenvalue weighted by Crippen LogP contribution is -2.42. The van der Waals surface area contributed by atoms with Gasteiger partial charge in [0.1, 0.15) is 0 Å². The van der Waals surface area contributed by atoms with Crippen LogP contribution in [0.1, 0.15) is 20.3 Å². The van der Waals surface area contributed by atoms with E-state index in [0.717, 1.165) is 0 Å². The van der Waals surface area contributed by atoms with Crippen LogP contribution in [0.15, 0.2) is 0 Å². The Morgan fingerprint density at radius 3 is 2.29 bits per heavy atom. The minimum atomic E-state index is -2.53. The average Bonchev–Trinajstić information content (AvgIpc) is 2.46.